The lowest BCUT2D eigenvalue weighted by Crippen LogP contribution is -2.10. The molecule has 0 saturated heterocycles. The molecule has 0 aliphatic rings. The lowest BCUT2D eigenvalue weighted by molar-refractivity contribution is -0.117. The summed E-state index contributed by atoms with van der Waals surface area (Å²) in [5, 5.41) is 0. The molecule has 0 atom stereocenters. The molecule has 0 saturated carbocycles. The van der Waals surface area contributed by atoms with Crippen LogP contribution in [0.1, 0.15) is 31.7 Å². The van der Waals surface area contributed by atoms with Crippen molar-refractivity contribution in [3.63, 3.8) is 0 Å². The number of carbonyl (C=O) groups excluding carboxylic acids is 1. The van der Waals surface area contributed by atoms with Crippen molar-refractivity contribution in [3.05, 3.63) is 29.6 Å². The molecule has 0 fully saturated rings. The van der Waals surface area contributed by atoms with Gasteiger partial charge in [-0.1, -0.05) is 13.0 Å². The number of Topliss-reactive ketones (excluding diaryl/α,β-unsaturated/α-hetero) is 1. The van der Waals surface area contributed by atoms with Crippen LogP contribution >= 0.6 is 0 Å². The van der Waals surface area contributed by atoms with E-state index in [0.717, 1.165) is 23.3 Å². The highest BCUT2D eigenvalue weighted by molar-refractivity contribution is 5.78. The predicted molar refractivity (Wildman–Crippen MR) is 72.3 cm³/mol. The third-order valence-electron chi connectivity index (χ3n) is 3.17. The Morgan fingerprint density at radius 2 is 2.22 bits per heavy atom. The van der Waals surface area contributed by atoms with Crippen LogP contribution in [-0.4, -0.2) is 15.3 Å². The third kappa shape index (κ3) is 2.43. The Kier molecular flexibility index (Phi) is 3.77. The maximum absolute atomic E-state index is 11.1. The van der Waals surface area contributed by atoms with E-state index in [4.69, 9.17) is 5.73 Å². The fourth-order valence-electron chi connectivity index (χ4n) is 2.12. The van der Waals surface area contributed by atoms with Gasteiger partial charge in [0.2, 0.25) is 0 Å². The standard InChI is InChI=1S/C14H19N3O/c1-3-11-4-5-13-12(8-11)16-14(9-15)17(13)7-6-10(2)18/h4-5,8H,3,6-7,9,15H2,1-2H3. The molecule has 0 radical (unpaired) electrons. The van der Waals surface area contributed by atoms with Gasteiger partial charge in [0, 0.05) is 13.0 Å². The largest absolute Gasteiger partial charge is 0.326 e. The highest BCUT2D eigenvalue weighted by Crippen LogP contribution is 2.18. The predicted octanol–water partition coefficient (Wildman–Crippen LogP) is 2.04. The zero-order chi connectivity index (χ0) is 13.1. The summed E-state index contributed by atoms with van der Waals surface area (Å²) in [6.45, 7) is 4.78. The van der Waals surface area contributed by atoms with Gasteiger partial charge in [-0.05, 0) is 31.0 Å². The molecular formula is C14H19N3O. The molecule has 1 aromatic carbocycles. The number of nitrogens with zero attached hydrogens (tertiary/aromatic N) is 2. The van der Waals surface area contributed by atoms with Gasteiger partial charge in [0.25, 0.3) is 0 Å². The van der Waals surface area contributed by atoms with Crippen LogP contribution in [-0.2, 0) is 24.3 Å². The Balaban J connectivity index is 2.45. The molecule has 1 heterocycles. The van der Waals surface area contributed by atoms with E-state index in [0.29, 0.717) is 19.5 Å². The second-order valence-corrected chi connectivity index (χ2v) is 4.51. The third-order valence-corrected chi connectivity index (χ3v) is 3.17. The Labute approximate surface area is 107 Å². The number of carbonyl (C=O) groups is 1. The van der Waals surface area contributed by atoms with Gasteiger partial charge in [-0.3, -0.25) is 4.79 Å². The van der Waals surface area contributed by atoms with E-state index in [9.17, 15) is 4.79 Å². The number of aromatic nitrogens is 2. The first-order chi connectivity index (χ1) is 8.65. The van der Waals surface area contributed by atoms with Gasteiger partial charge < -0.3 is 10.3 Å². The van der Waals surface area contributed by atoms with Crippen molar-refractivity contribution in [2.24, 2.45) is 5.73 Å². The Bertz CT molecular complexity index is 572. The van der Waals surface area contributed by atoms with Crippen molar-refractivity contribution in [2.45, 2.75) is 39.8 Å². The number of nitrogens with two attached hydrogens (primary N) is 1. The first-order valence-electron chi connectivity index (χ1n) is 6.33. The summed E-state index contributed by atoms with van der Waals surface area (Å²) in [5.74, 6) is 1.03. The van der Waals surface area contributed by atoms with Crippen LogP contribution in [0.15, 0.2) is 18.2 Å². The van der Waals surface area contributed by atoms with Crippen molar-refractivity contribution in [2.75, 3.05) is 0 Å². The molecule has 2 aromatic rings. The SMILES string of the molecule is CCc1ccc2c(c1)nc(CN)n2CCC(C)=O. The molecule has 2 N–H and O–H groups in total. The summed E-state index contributed by atoms with van der Waals surface area (Å²) in [7, 11) is 0. The van der Waals surface area contributed by atoms with Gasteiger partial charge >= 0.3 is 0 Å². The van der Waals surface area contributed by atoms with Gasteiger partial charge in [0.1, 0.15) is 11.6 Å². The molecule has 0 amide bonds. The summed E-state index contributed by atoms with van der Waals surface area (Å²) in [6.07, 6.45) is 1.52. The number of ketones is 1. The zero-order valence-corrected chi connectivity index (χ0v) is 10.9. The van der Waals surface area contributed by atoms with Crippen LogP contribution in [0.4, 0.5) is 0 Å². The summed E-state index contributed by atoms with van der Waals surface area (Å²) >= 11 is 0. The molecule has 96 valence electrons. The second-order valence-electron chi connectivity index (χ2n) is 4.51. The van der Waals surface area contributed by atoms with Crippen molar-refractivity contribution in [1.82, 2.24) is 9.55 Å². The first kappa shape index (κ1) is 12.8. The van der Waals surface area contributed by atoms with E-state index in [1.54, 1.807) is 6.92 Å². The summed E-state index contributed by atoms with van der Waals surface area (Å²) < 4.78 is 2.05. The Hall–Kier alpha value is -1.68. The molecule has 0 spiro atoms. The van der Waals surface area contributed by atoms with E-state index in [1.165, 1.54) is 5.56 Å². The summed E-state index contributed by atoms with van der Waals surface area (Å²) in [4.78, 5) is 15.7. The average Bonchev–Trinajstić information content (AvgIpc) is 2.72. The molecular weight excluding hydrogens is 226 g/mol. The van der Waals surface area contributed by atoms with Crippen molar-refractivity contribution in [1.29, 1.82) is 0 Å². The number of hydrogen-bond acceptors (Lipinski definition) is 3. The van der Waals surface area contributed by atoms with Crippen LogP contribution < -0.4 is 5.73 Å². The fourth-order valence-corrected chi connectivity index (χ4v) is 2.12. The Morgan fingerprint density at radius 1 is 1.44 bits per heavy atom. The van der Waals surface area contributed by atoms with Gasteiger partial charge in [-0.15, -0.1) is 0 Å². The van der Waals surface area contributed by atoms with Gasteiger partial charge in [0.05, 0.1) is 17.6 Å². The van der Waals surface area contributed by atoms with Crippen molar-refractivity contribution in [3.8, 4) is 0 Å². The number of rotatable bonds is 5. The van der Waals surface area contributed by atoms with Gasteiger partial charge in [-0.25, -0.2) is 4.98 Å². The molecule has 0 aliphatic carbocycles. The minimum Gasteiger partial charge on any atom is -0.326 e. The smallest absolute Gasteiger partial charge is 0.131 e. The fraction of sp³-hybridized carbons (Fsp3) is 0.429. The molecule has 0 bridgehead atoms. The lowest BCUT2D eigenvalue weighted by atomic mass is 10.1. The molecule has 4 heteroatoms. The summed E-state index contributed by atoms with van der Waals surface area (Å²) in [6, 6.07) is 6.27. The minimum absolute atomic E-state index is 0.185. The molecule has 1 aromatic heterocycles. The number of aryl methyl sites for hydroxylation is 2. The van der Waals surface area contributed by atoms with E-state index in [1.807, 2.05) is 0 Å². The van der Waals surface area contributed by atoms with E-state index >= 15 is 0 Å². The van der Waals surface area contributed by atoms with Gasteiger partial charge in [-0.2, -0.15) is 0 Å². The Morgan fingerprint density at radius 3 is 2.83 bits per heavy atom. The minimum atomic E-state index is 0.185. The zero-order valence-electron chi connectivity index (χ0n) is 10.9. The highest BCUT2D eigenvalue weighted by Gasteiger charge is 2.10. The second kappa shape index (κ2) is 5.31. The van der Waals surface area contributed by atoms with E-state index in [-0.39, 0.29) is 5.78 Å². The number of benzene rings is 1. The maximum Gasteiger partial charge on any atom is 0.131 e. The molecule has 0 aliphatic heterocycles. The lowest BCUT2D eigenvalue weighted by Gasteiger charge is -2.06. The molecule has 2 rings (SSSR count). The molecule has 18 heavy (non-hydrogen) atoms. The van der Waals surface area contributed by atoms with Crippen LogP contribution in [0, 0.1) is 0 Å². The number of fused-ring (bicyclic) bond motifs is 1. The monoisotopic (exact) mass is 245 g/mol. The molecule has 4 nitrogen and oxygen atoms in total. The quantitative estimate of drug-likeness (QED) is 0.876. The van der Waals surface area contributed by atoms with Crippen molar-refractivity contribution >= 4 is 16.8 Å². The van der Waals surface area contributed by atoms with E-state index in [2.05, 4.69) is 34.7 Å². The average molecular weight is 245 g/mol. The molecule has 0 unspecified atom stereocenters. The van der Waals surface area contributed by atoms with Gasteiger partial charge in [0.15, 0.2) is 0 Å². The highest BCUT2D eigenvalue weighted by atomic mass is 16.1. The maximum atomic E-state index is 11.1. The van der Waals surface area contributed by atoms with Crippen LogP contribution in [0.5, 0.6) is 0 Å². The van der Waals surface area contributed by atoms with Crippen LogP contribution in [0.2, 0.25) is 0 Å². The number of imidazole rings is 1. The summed E-state index contributed by atoms with van der Waals surface area (Å²) in [5.41, 5.74) is 9.02. The van der Waals surface area contributed by atoms with E-state index < -0.39 is 0 Å². The van der Waals surface area contributed by atoms with Crippen LogP contribution in [0.25, 0.3) is 11.0 Å². The van der Waals surface area contributed by atoms with Crippen LogP contribution in [0.3, 0.4) is 0 Å². The first-order valence-corrected chi connectivity index (χ1v) is 6.33. The number of hydrogen-bond donors (Lipinski definition) is 1. The topological polar surface area (TPSA) is 60.9 Å². The van der Waals surface area contributed by atoms with Crippen molar-refractivity contribution < 1.29 is 4.79 Å². The normalized spacial score (nSPS) is 11.1.